The number of hydrogen-bond donors (Lipinski definition) is 3. The highest BCUT2D eigenvalue weighted by atomic mass is 32.2. The van der Waals surface area contributed by atoms with Gasteiger partial charge in [0.05, 0.1) is 11.0 Å². The van der Waals surface area contributed by atoms with Crippen LogP contribution in [0, 0.1) is 0 Å². The Balaban J connectivity index is 1.88. The van der Waals surface area contributed by atoms with Crippen molar-refractivity contribution in [3.8, 4) is 0 Å². The molecule has 0 amide bonds. The van der Waals surface area contributed by atoms with Gasteiger partial charge in [0.15, 0.2) is 0 Å². The monoisotopic (exact) mass is 315 g/mol. The molecule has 6 nitrogen and oxygen atoms in total. The lowest BCUT2D eigenvalue weighted by Gasteiger charge is -2.34. The van der Waals surface area contributed by atoms with Crippen LogP contribution >= 0.6 is 0 Å². The second-order valence-electron chi connectivity index (χ2n) is 5.76. The van der Waals surface area contributed by atoms with Crippen LogP contribution < -0.4 is 10.0 Å². The van der Waals surface area contributed by atoms with E-state index < -0.39 is 10.0 Å². The maximum atomic E-state index is 12.3. The lowest BCUT2D eigenvalue weighted by atomic mass is 9.90. The molecule has 7 heteroatoms. The van der Waals surface area contributed by atoms with E-state index in [1.54, 1.807) is 12.3 Å². The van der Waals surface area contributed by atoms with Crippen molar-refractivity contribution in [2.24, 2.45) is 0 Å². The van der Waals surface area contributed by atoms with Crippen LogP contribution in [0.5, 0.6) is 0 Å². The van der Waals surface area contributed by atoms with Crippen molar-refractivity contribution in [1.29, 1.82) is 0 Å². The molecule has 1 aromatic rings. The molecule has 0 aliphatic heterocycles. The molecular weight excluding hydrogens is 290 g/mol. The molecule has 0 atom stereocenters. The summed E-state index contributed by atoms with van der Waals surface area (Å²) in [6.45, 7) is 7.35. The molecule has 2 rings (SSSR count). The smallest absolute Gasteiger partial charge is 0.242 e. The molecule has 120 valence electrons. The van der Waals surface area contributed by atoms with E-state index in [0.29, 0.717) is 24.1 Å². The van der Waals surface area contributed by atoms with Crippen molar-refractivity contribution >= 4 is 10.0 Å². The molecule has 1 aromatic heterocycles. The molecule has 1 heterocycles. The van der Waals surface area contributed by atoms with Crippen molar-refractivity contribution in [2.75, 3.05) is 6.61 Å². The first-order chi connectivity index (χ1) is 9.90. The average Bonchev–Trinajstić information content (AvgIpc) is 2.83. The van der Waals surface area contributed by atoms with Crippen molar-refractivity contribution in [3.63, 3.8) is 0 Å². The quantitative estimate of drug-likeness (QED) is 0.676. The highest BCUT2D eigenvalue weighted by Crippen LogP contribution is 2.25. The Morgan fingerprint density at radius 3 is 2.76 bits per heavy atom. The Labute approximate surface area is 126 Å². The van der Waals surface area contributed by atoms with Crippen LogP contribution in [0.25, 0.3) is 0 Å². The molecule has 1 fully saturated rings. The van der Waals surface area contributed by atoms with Gasteiger partial charge < -0.3 is 15.0 Å². The number of aromatic nitrogens is 1. The van der Waals surface area contributed by atoms with Gasteiger partial charge in [-0.2, -0.15) is 0 Å². The Morgan fingerprint density at radius 2 is 2.14 bits per heavy atom. The van der Waals surface area contributed by atoms with Crippen molar-refractivity contribution in [1.82, 2.24) is 15.0 Å². The summed E-state index contributed by atoms with van der Waals surface area (Å²) in [4.78, 5) is 3.29. The second-order valence-corrected chi connectivity index (χ2v) is 7.48. The van der Waals surface area contributed by atoms with E-state index in [4.69, 9.17) is 4.74 Å². The summed E-state index contributed by atoms with van der Waals surface area (Å²) in [5.41, 5.74) is 0.866. The first-order valence-corrected chi connectivity index (χ1v) is 8.93. The number of ether oxygens (including phenoxy) is 1. The molecule has 0 saturated heterocycles. The predicted molar refractivity (Wildman–Crippen MR) is 81.5 cm³/mol. The van der Waals surface area contributed by atoms with E-state index in [0.717, 1.165) is 18.5 Å². The zero-order valence-corrected chi connectivity index (χ0v) is 13.7. The second kappa shape index (κ2) is 6.91. The van der Waals surface area contributed by atoms with Gasteiger partial charge in [-0.15, -0.1) is 0 Å². The highest BCUT2D eigenvalue weighted by Gasteiger charge is 2.33. The minimum atomic E-state index is -3.44. The zero-order chi connectivity index (χ0) is 15.5. The number of rotatable bonds is 8. The van der Waals surface area contributed by atoms with Gasteiger partial charge >= 0.3 is 0 Å². The Hall–Kier alpha value is -0.890. The fourth-order valence-corrected chi connectivity index (χ4v) is 3.59. The molecule has 0 aromatic carbocycles. The number of hydrogen-bond acceptors (Lipinski definition) is 4. The largest absolute Gasteiger partial charge is 0.378 e. The fourth-order valence-electron chi connectivity index (χ4n) is 2.31. The summed E-state index contributed by atoms with van der Waals surface area (Å²) >= 11 is 0. The van der Waals surface area contributed by atoms with Gasteiger partial charge in [0.25, 0.3) is 0 Å². The van der Waals surface area contributed by atoms with Crippen molar-refractivity contribution < 1.29 is 13.2 Å². The lowest BCUT2D eigenvalue weighted by molar-refractivity contribution is -0.00475. The van der Waals surface area contributed by atoms with Gasteiger partial charge in [-0.1, -0.05) is 13.8 Å². The zero-order valence-electron chi connectivity index (χ0n) is 12.8. The minimum absolute atomic E-state index is 0.0151. The first kappa shape index (κ1) is 16.5. The van der Waals surface area contributed by atoms with E-state index in [1.165, 1.54) is 0 Å². The minimum Gasteiger partial charge on any atom is -0.378 e. The van der Waals surface area contributed by atoms with Crippen LogP contribution in [0.15, 0.2) is 17.2 Å². The van der Waals surface area contributed by atoms with Crippen LogP contribution in [0.2, 0.25) is 0 Å². The molecule has 1 aliphatic carbocycles. The maximum Gasteiger partial charge on any atom is 0.242 e. The van der Waals surface area contributed by atoms with E-state index in [9.17, 15) is 8.42 Å². The summed E-state index contributed by atoms with van der Waals surface area (Å²) in [5, 5.41) is 3.25. The summed E-state index contributed by atoms with van der Waals surface area (Å²) < 4.78 is 32.7. The maximum absolute atomic E-state index is 12.3. The Morgan fingerprint density at radius 1 is 1.43 bits per heavy atom. The van der Waals surface area contributed by atoms with Crippen molar-refractivity contribution in [3.05, 3.63) is 18.0 Å². The van der Waals surface area contributed by atoms with E-state index >= 15 is 0 Å². The van der Waals surface area contributed by atoms with Crippen LogP contribution in [-0.4, -0.2) is 38.2 Å². The number of sulfonamides is 1. The third-order valence-corrected chi connectivity index (χ3v) is 5.05. The average molecular weight is 315 g/mol. The van der Waals surface area contributed by atoms with Crippen LogP contribution in [0.1, 0.15) is 39.3 Å². The number of H-pyrrole nitrogens is 1. The predicted octanol–water partition coefficient (Wildman–Crippen LogP) is 1.36. The molecule has 3 N–H and O–H groups in total. The van der Waals surface area contributed by atoms with Crippen LogP contribution in [0.4, 0.5) is 0 Å². The topological polar surface area (TPSA) is 83.2 Å². The summed E-state index contributed by atoms with van der Waals surface area (Å²) in [5.74, 6) is 0. The van der Waals surface area contributed by atoms with Gasteiger partial charge in [-0.3, -0.25) is 0 Å². The number of aromatic amines is 1. The molecule has 1 saturated carbocycles. The Kier molecular flexibility index (Phi) is 5.43. The van der Waals surface area contributed by atoms with Crippen LogP contribution in [0.3, 0.4) is 0 Å². The normalized spacial score (nSPS) is 22.5. The highest BCUT2D eigenvalue weighted by molar-refractivity contribution is 7.89. The third kappa shape index (κ3) is 4.54. The van der Waals surface area contributed by atoms with E-state index in [-0.39, 0.29) is 12.1 Å². The molecule has 0 radical (unpaired) electrons. The lowest BCUT2D eigenvalue weighted by Crippen LogP contribution is -2.47. The first-order valence-electron chi connectivity index (χ1n) is 7.45. The summed E-state index contributed by atoms with van der Waals surface area (Å²) in [7, 11) is -3.44. The van der Waals surface area contributed by atoms with E-state index in [2.05, 4.69) is 15.0 Å². The third-order valence-electron chi connectivity index (χ3n) is 3.55. The van der Waals surface area contributed by atoms with Gasteiger partial charge in [0, 0.05) is 37.1 Å². The summed E-state index contributed by atoms with van der Waals surface area (Å²) in [6, 6.07) is 2.02. The van der Waals surface area contributed by atoms with E-state index in [1.807, 2.05) is 20.8 Å². The molecule has 1 aliphatic rings. The molecule has 0 bridgehead atoms. The Bertz CT molecular complexity index is 548. The molecular formula is C14H25N3O3S. The molecule has 0 spiro atoms. The van der Waals surface area contributed by atoms with Crippen LogP contribution in [-0.2, 0) is 21.3 Å². The van der Waals surface area contributed by atoms with Gasteiger partial charge in [0.1, 0.15) is 0 Å². The van der Waals surface area contributed by atoms with Crippen molar-refractivity contribution in [2.45, 2.75) is 63.2 Å². The van der Waals surface area contributed by atoms with Gasteiger partial charge in [-0.25, -0.2) is 13.1 Å². The SMILES string of the molecule is CCOC1CC(NS(=O)(=O)c2c[nH]c(CNC(C)C)c2)C1. The molecule has 0 unspecified atom stereocenters. The molecule has 21 heavy (non-hydrogen) atoms. The number of nitrogens with one attached hydrogen (secondary N) is 3. The summed E-state index contributed by atoms with van der Waals surface area (Å²) in [6.07, 6.45) is 3.23. The van der Waals surface area contributed by atoms with Gasteiger partial charge in [-0.05, 0) is 25.8 Å². The fraction of sp³-hybridized carbons (Fsp3) is 0.714. The van der Waals surface area contributed by atoms with Gasteiger partial charge in [0.2, 0.25) is 10.0 Å². The standard InChI is InChI=1S/C14H25N3O3S/c1-4-20-13-5-11(6-13)17-21(18,19)14-7-12(16-9-14)8-15-10(2)3/h7,9-11,13,15-17H,4-6,8H2,1-3H3.